The Morgan fingerprint density at radius 1 is 1.22 bits per heavy atom. The van der Waals surface area contributed by atoms with Crippen LogP contribution in [-0.2, 0) is 0 Å². The lowest BCUT2D eigenvalue weighted by atomic mass is 10.1. The van der Waals surface area contributed by atoms with Gasteiger partial charge in [0, 0.05) is 11.1 Å². The van der Waals surface area contributed by atoms with Crippen LogP contribution in [0.1, 0.15) is 23.7 Å². The average molecular weight is 386 g/mol. The maximum atomic E-state index is 13.1. The molecule has 0 spiro atoms. The zero-order valence-electron chi connectivity index (χ0n) is 14.5. The first kappa shape index (κ1) is 17.4. The van der Waals surface area contributed by atoms with Crippen LogP contribution in [0.25, 0.3) is 11.4 Å². The number of halogens is 1. The molecule has 7 nitrogen and oxygen atoms in total. The zero-order chi connectivity index (χ0) is 18.8. The number of rotatable bonds is 5. The number of aromatic nitrogens is 3. The predicted octanol–water partition coefficient (Wildman–Crippen LogP) is 3.80. The van der Waals surface area contributed by atoms with Gasteiger partial charge in [0.25, 0.3) is 5.91 Å². The maximum Gasteiger partial charge on any atom is 0.336 e. The topological polar surface area (TPSA) is 75.5 Å². The van der Waals surface area contributed by atoms with Gasteiger partial charge in [-0.1, -0.05) is 30.7 Å². The smallest absolute Gasteiger partial charge is 0.336 e. The van der Waals surface area contributed by atoms with Gasteiger partial charge in [0.2, 0.25) is 6.79 Å². The van der Waals surface area contributed by atoms with Gasteiger partial charge >= 0.3 is 6.01 Å². The van der Waals surface area contributed by atoms with Crippen LogP contribution < -0.4 is 14.2 Å². The minimum atomic E-state index is -0.373. The first-order valence-electron chi connectivity index (χ1n) is 8.46. The van der Waals surface area contributed by atoms with Gasteiger partial charge in [0.15, 0.2) is 17.3 Å². The summed E-state index contributed by atoms with van der Waals surface area (Å²) < 4.78 is 17.4. The molecule has 0 aliphatic carbocycles. The summed E-state index contributed by atoms with van der Waals surface area (Å²) in [5, 5.41) is 4.70. The Bertz CT molecular complexity index is 1000. The van der Waals surface area contributed by atoms with Gasteiger partial charge in [0.1, 0.15) is 0 Å². The van der Waals surface area contributed by atoms with Gasteiger partial charge < -0.3 is 14.2 Å². The fourth-order valence-corrected chi connectivity index (χ4v) is 2.88. The summed E-state index contributed by atoms with van der Waals surface area (Å²) in [6.45, 7) is 2.56. The predicted molar refractivity (Wildman–Crippen MR) is 98.5 cm³/mol. The highest BCUT2D eigenvalue weighted by atomic mass is 35.5. The first-order chi connectivity index (χ1) is 13.2. The number of benzene rings is 2. The molecule has 138 valence electrons. The lowest BCUT2D eigenvalue weighted by Crippen LogP contribution is -2.15. The van der Waals surface area contributed by atoms with Gasteiger partial charge in [-0.3, -0.25) is 4.79 Å². The Morgan fingerprint density at radius 2 is 2.04 bits per heavy atom. The second kappa shape index (κ2) is 7.28. The zero-order valence-corrected chi connectivity index (χ0v) is 15.3. The van der Waals surface area contributed by atoms with Crippen molar-refractivity contribution < 1.29 is 19.0 Å². The fourth-order valence-electron chi connectivity index (χ4n) is 2.66. The molecule has 0 N–H and O–H groups in total. The maximum absolute atomic E-state index is 13.1. The molecule has 0 saturated carbocycles. The van der Waals surface area contributed by atoms with Crippen LogP contribution >= 0.6 is 11.6 Å². The van der Waals surface area contributed by atoms with Crippen molar-refractivity contribution in [2.24, 2.45) is 0 Å². The van der Waals surface area contributed by atoms with E-state index in [1.165, 1.54) is 4.68 Å². The molecule has 0 bridgehead atoms. The molecule has 0 amide bonds. The van der Waals surface area contributed by atoms with Crippen LogP contribution in [0, 0.1) is 0 Å². The minimum Gasteiger partial charge on any atom is -0.462 e. The number of ether oxygens (including phenoxy) is 3. The van der Waals surface area contributed by atoms with Crippen molar-refractivity contribution in [2.45, 2.75) is 13.3 Å². The normalized spacial score (nSPS) is 12.2. The summed E-state index contributed by atoms with van der Waals surface area (Å²) in [5.41, 5.74) is 0.978. The summed E-state index contributed by atoms with van der Waals surface area (Å²) in [6, 6.07) is 12.2. The van der Waals surface area contributed by atoms with E-state index >= 15 is 0 Å². The van der Waals surface area contributed by atoms with Gasteiger partial charge in [-0.25, -0.2) is 0 Å². The summed E-state index contributed by atoms with van der Waals surface area (Å²) in [6.07, 6.45) is 0.798. The average Bonchev–Trinajstić information content (AvgIpc) is 3.32. The first-order valence-corrected chi connectivity index (χ1v) is 8.84. The molecule has 3 aromatic rings. The van der Waals surface area contributed by atoms with Gasteiger partial charge in [-0.05, 0) is 36.8 Å². The molecule has 4 rings (SSSR count). The second-order valence-corrected chi connectivity index (χ2v) is 6.24. The third kappa shape index (κ3) is 3.33. The third-order valence-corrected chi connectivity index (χ3v) is 4.28. The highest BCUT2D eigenvalue weighted by Crippen LogP contribution is 2.33. The van der Waals surface area contributed by atoms with Crippen LogP contribution in [0.5, 0.6) is 17.5 Å². The van der Waals surface area contributed by atoms with Crippen LogP contribution in [0.15, 0.2) is 42.5 Å². The molecular weight excluding hydrogens is 370 g/mol. The van der Waals surface area contributed by atoms with Crippen LogP contribution in [0.2, 0.25) is 5.02 Å². The van der Waals surface area contributed by atoms with Crippen molar-refractivity contribution >= 4 is 17.5 Å². The largest absolute Gasteiger partial charge is 0.462 e. The van der Waals surface area contributed by atoms with E-state index in [9.17, 15) is 4.79 Å². The number of nitrogens with zero attached hydrogens (tertiary/aromatic N) is 3. The molecule has 1 aliphatic heterocycles. The van der Waals surface area contributed by atoms with Crippen molar-refractivity contribution in [1.82, 2.24) is 14.8 Å². The van der Waals surface area contributed by atoms with Gasteiger partial charge in [-0.2, -0.15) is 9.67 Å². The SMILES string of the molecule is CCCOc1nc(-c2ccccc2Cl)n(C(=O)c2ccc3c(c2)OCO3)n1. The van der Waals surface area contributed by atoms with Gasteiger partial charge in [-0.15, -0.1) is 5.10 Å². The number of carbonyl (C=O) groups excluding carboxylic acids is 1. The Labute approximate surface area is 160 Å². The molecule has 1 aromatic heterocycles. The van der Waals surface area contributed by atoms with E-state index in [1.807, 2.05) is 13.0 Å². The summed E-state index contributed by atoms with van der Waals surface area (Å²) >= 11 is 6.30. The Morgan fingerprint density at radius 3 is 2.85 bits per heavy atom. The summed E-state index contributed by atoms with van der Waals surface area (Å²) in [5.74, 6) is 1.06. The Kier molecular flexibility index (Phi) is 4.68. The molecule has 0 unspecified atom stereocenters. The van der Waals surface area contributed by atoms with E-state index in [-0.39, 0.29) is 18.7 Å². The molecule has 8 heteroatoms. The second-order valence-electron chi connectivity index (χ2n) is 5.83. The summed E-state index contributed by atoms with van der Waals surface area (Å²) in [7, 11) is 0. The number of hydrogen-bond donors (Lipinski definition) is 0. The molecule has 0 fully saturated rings. The quantitative estimate of drug-likeness (QED) is 0.664. The fraction of sp³-hybridized carbons (Fsp3) is 0.211. The van der Waals surface area contributed by atoms with E-state index in [0.717, 1.165) is 6.42 Å². The molecule has 0 radical (unpaired) electrons. The van der Waals surface area contributed by atoms with Crippen LogP contribution in [0.3, 0.4) is 0 Å². The van der Waals surface area contributed by atoms with Crippen molar-refractivity contribution in [2.75, 3.05) is 13.4 Å². The monoisotopic (exact) mass is 385 g/mol. The number of hydrogen-bond acceptors (Lipinski definition) is 6. The molecule has 1 aliphatic rings. The minimum absolute atomic E-state index is 0.126. The molecule has 0 saturated heterocycles. The Balaban J connectivity index is 1.77. The van der Waals surface area contributed by atoms with Crippen LogP contribution in [0.4, 0.5) is 0 Å². The lowest BCUT2D eigenvalue weighted by Gasteiger charge is -2.06. The van der Waals surface area contributed by atoms with Crippen molar-refractivity contribution in [1.29, 1.82) is 0 Å². The molecular formula is C19H16ClN3O4. The molecule has 0 atom stereocenters. The standard InChI is InChI=1S/C19H16ClN3O4/c1-2-9-25-19-21-17(13-5-3-4-6-14(13)20)23(22-19)18(24)12-7-8-15-16(10-12)27-11-26-15/h3-8,10H,2,9,11H2,1H3. The van der Waals surface area contributed by atoms with E-state index in [0.29, 0.717) is 40.1 Å². The molecule has 2 heterocycles. The third-order valence-electron chi connectivity index (χ3n) is 3.95. The summed E-state index contributed by atoms with van der Waals surface area (Å²) in [4.78, 5) is 17.5. The highest BCUT2D eigenvalue weighted by Gasteiger charge is 2.23. The number of carbonyl (C=O) groups is 1. The van der Waals surface area contributed by atoms with E-state index in [2.05, 4.69) is 10.1 Å². The van der Waals surface area contributed by atoms with E-state index in [4.69, 9.17) is 25.8 Å². The highest BCUT2D eigenvalue weighted by molar-refractivity contribution is 6.33. The Hall–Kier alpha value is -3.06. The molecule has 2 aromatic carbocycles. The van der Waals surface area contributed by atoms with Gasteiger partial charge in [0.05, 0.1) is 11.6 Å². The van der Waals surface area contributed by atoms with Crippen LogP contribution in [-0.4, -0.2) is 34.1 Å². The number of fused-ring (bicyclic) bond motifs is 1. The molecule has 27 heavy (non-hydrogen) atoms. The van der Waals surface area contributed by atoms with E-state index in [1.54, 1.807) is 36.4 Å². The lowest BCUT2D eigenvalue weighted by molar-refractivity contribution is 0.0944. The van der Waals surface area contributed by atoms with E-state index < -0.39 is 0 Å². The van der Waals surface area contributed by atoms with Crippen molar-refractivity contribution in [3.8, 4) is 28.9 Å². The van der Waals surface area contributed by atoms with Crippen molar-refractivity contribution in [3.63, 3.8) is 0 Å². The van der Waals surface area contributed by atoms with Crippen molar-refractivity contribution in [3.05, 3.63) is 53.1 Å².